The summed E-state index contributed by atoms with van der Waals surface area (Å²) in [5.41, 5.74) is 10.0. The number of amides is 2. The van der Waals surface area contributed by atoms with Gasteiger partial charge in [-0.2, -0.15) is 0 Å². The van der Waals surface area contributed by atoms with E-state index in [1.807, 2.05) is 38.1 Å². The van der Waals surface area contributed by atoms with E-state index in [1.54, 1.807) is 0 Å². The quantitative estimate of drug-likeness (QED) is 0.836. The molecule has 2 aromatic carbocycles. The number of nitrogens with two attached hydrogens (primary N) is 1. The van der Waals surface area contributed by atoms with Gasteiger partial charge in [-0.3, -0.25) is 4.79 Å². The van der Waals surface area contributed by atoms with Crippen molar-refractivity contribution in [2.24, 2.45) is 11.7 Å². The van der Waals surface area contributed by atoms with Crippen molar-refractivity contribution in [1.82, 2.24) is 5.32 Å². The van der Waals surface area contributed by atoms with E-state index >= 15 is 0 Å². The van der Waals surface area contributed by atoms with Crippen LogP contribution in [0.2, 0.25) is 0 Å². The lowest BCUT2D eigenvalue weighted by molar-refractivity contribution is -0.121. The topological polar surface area (TPSA) is 81.4 Å². The minimum Gasteiger partial charge on any atom is -0.449 e. The summed E-state index contributed by atoms with van der Waals surface area (Å²) in [7, 11) is 0. The van der Waals surface area contributed by atoms with E-state index in [1.165, 1.54) is 11.1 Å². The molecule has 0 fully saturated rings. The Balaban J connectivity index is 1.72. The molecule has 2 unspecified atom stereocenters. The molecule has 5 heteroatoms. The van der Waals surface area contributed by atoms with E-state index in [-0.39, 0.29) is 18.4 Å². The number of nitrogens with one attached hydrogen (secondary N) is 1. The fourth-order valence-electron chi connectivity index (χ4n) is 3.50. The van der Waals surface area contributed by atoms with E-state index in [2.05, 4.69) is 29.6 Å². The van der Waals surface area contributed by atoms with Crippen molar-refractivity contribution in [1.29, 1.82) is 0 Å². The molecular weight excluding hydrogens is 328 g/mol. The fourth-order valence-corrected chi connectivity index (χ4v) is 3.50. The number of hydrogen-bond donors (Lipinski definition) is 2. The maximum absolute atomic E-state index is 12.2. The first kappa shape index (κ1) is 18.0. The van der Waals surface area contributed by atoms with Gasteiger partial charge in [-0.25, -0.2) is 4.79 Å². The van der Waals surface area contributed by atoms with Crippen LogP contribution in [-0.2, 0) is 9.53 Å². The second-order valence-electron chi connectivity index (χ2n) is 6.74. The van der Waals surface area contributed by atoms with Gasteiger partial charge in [0.1, 0.15) is 12.6 Å². The molecule has 0 radical (unpaired) electrons. The Bertz CT molecular complexity index is 773. The Morgan fingerprint density at radius 1 is 1.08 bits per heavy atom. The summed E-state index contributed by atoms with van der Waals surface area (Å²) in [6.45, 7) is 4.03. The monoisotopic (exact) mass is 352 g/mol. The number of carbonyl (C=O) groups excluding carboxylic acids is 2. The summed E-state index contributed by atoms with van der Waals surface area (Å²) in [5.74, 6) is -0.607. The number of rotatable bonds is 6. The molecule has 26 heavy (non-hydrogen) atoms. The molecule has 0 heterocycles. The zero-order valence-electron chi connectivity index (χ0n) is 15.1. The standard InChI is InChI=1S/C21H24N2O3/c1-3-13(2)19(20(22)24)23-21(25)26-12-18-16-10-6-4-8-14(16)15-9-5-7-11-17(15)18/h4-11,13,18-19H,3,12H2,1-2H3,(H2,22,24)(H,23,25). The average Bonchev–Trinajstić information content (AvgIpc) is 2.97. The first-order valence-electron chi connectivity index (χ1n) is 8.93. The van der Waals surface area contributed by atoms with Crippen LogP contribution in [-0.4, -0.2) is 24.6 Å². The minimum absolute atomic E-state index is 0.0104. The Morgan fingerprint density at radius 3 is 2.12 bits per heavy atom. The lowest BCUT2D eigenvalue weighted by Crippen LogP contribution is -2.48. The van der Waals surface area contributed by atoms with Crippen LogP contribution in [0, 0.1) is 5.92 Å². The number of ether oxygens (including phenoxy) is 1. The first-order chi connectivity index (χ1) is 12.5. The highest BCUT2D eigenvalue weighted by Crippen LogP contribution is 2.44. The van der Waals surface area contributed by atoms with Crippen molar-refractivity contribution in [2.45, 2.75) is 32.2 Å². The van der Waals surface area contributed by atoms with Crippen LogP contribution in [0.1, 0.15) is 37.3 Å². The van der Waals surface area contributed by atoms with Crippen molar-refractivity contribution < 1.29 is 14.3 Å². The highest BCUT2D eigenvalue weighted by molar-refractivity contribution is 5.84. The number of primary amides is 1. The predicted octanol–water partition coefficient (Wildman–Crippen LogP) is 3.43. The summed E-state index contributed by atoms with van der Waals surface area (Å²) < 4.78 is 5.46. The van der Waals surface area contributed by atoms with E-state index in [9.17, 15) is 9.59 Å². The molecule has 0 bridgehead atoms. The number of alkyl carbamates (subject to hydrolysis) is 1. The molecule has 3 rings (SSSR count). The average molecular weight is 352 g/mol. The van der Waals surface area contributed by atoms with Gasteiger partial charge in [-0.05, 0) is 28.2 Å². The zero-order valence-corrected chi connectivity index (χ0v) is 15.1. The first-order valence-corrected chi connectivity index (χ1v) is 8.93. The smallest absolute Gasteiger partial charge is 0.407 e. The van der Waals surface area contributed by atoms with Crippen molar-refractivity contribution >= 4 is 12.0 Å². The highest BCUT2D eigenvalue weighted by atomic mass is 16.5. The third kappa shape index (κ3) is 3.43. The highest BCUT2D eigenvalue weighted by Gasteiger charge is 2.30. The number of fused-ring (bicyclic) bond motifs is 3. The van der Waals surface area contributed by atoms with Gasteiger partial charge in [0.05, 0.1) is 0 Å². The molecule has 0 saturated carbocycles. The van der Waals surface area contributed by atoms with Gasteiger partial charge in [0.2, 0.25) is 5.91 Å². The fraction of sp³-hybridized carbons (Fsp3) is 0.333. The number of hydrogen-bond acceptors (Lipinski definition) is 3. The van der Waals surface area contributed by atoms with Gasteiger partial charge in [-0.15, -0.1) is 0 Å². The van der Waals surface area contributed by atoms with Crippen molar-refractivity contribution in [3.8, 4) is 11.1 Å². The molecule has 2 amide bonds. The van der Waals surface area contributed by atoms with E-state index < -0.39 is 18.0 Å². The summed E-state index contributed by atoms with van der Waals surface area (Å²) >= 11 is 0. The van der Waals surface area contributed by atoms with Crippen LogP contribution < -0.4 is 11.1 Å². The van der Waals surface area contributed by atoms with Crippen molar-refractivity contribution in [3.63, 3.8) is 0 Å². The lowest BCUT2D eigenvalue weighted by Gasteiger charge is -2.21. The van der Waals surface area contributed by atoms with E-state index in [4.69, 9.17) is 10.5 Å². The van der Waals surface area contributed by atoms with E-state index in [0.29, 0.717) is 0 Å². The number of carbonyl (C=O) groups is 2. The SMILES string of the molecule is CCC(C)C(NC(=O)OCC1c2ccccc2-c2ccccc21)C(N)=O. The molecule has 5 nitrogen and oxygen atoms in total. The molecule has 1 aliphatic carbocycles. The molecule has 3 N–H and O–H groups in total. The normalized spacial score (nSPS) is 14.8. The molecule has 136 valence electrons. The van der Waals surface area contributed by atoms with Crippen LogP contribution in [0.25, 0.3) is 11.1 Å². The van der Waals surface area contributed by atoms with Gasteiger partial charge in [0, 0.05) is 5.92 Å². The van der Waals surface area contributed by atoms with Crippen LogP contribution in [0.3, 0.4) is 0 Å². The summed E-state index contributed by atoms with van der Waals surface area (Å²) in [4.78, 5) is 23.8. The second-order valence-corrected chi connectivity index (χ2v) is 6.74. The molecule has 2 atom stereocenters. The number of benzene rings is 2. The van der Waals surface area contributed by atoms with Gasteiger partial charge in [0.25, 0.3) is 0 Å². The predicted molar refractivity (Wildman–Crippen MR) is 101 cm³/mol. The molecular formula is C21H24N2O3. The van der Waals surface area contributed by atoms with Gasteiger partial charge >= 0.3 is 6.09 Å². The van der Waals surface area contributed by atoms with Crippen LogP contribution in [0.4, 0.5) is 4.79 Å². The molecule has 0 saturated heterocycles. The molecule has 0 aromatic heterocycles. The largest absolute Gasteiger partial charge is 0.449 e. The molecule has 0 aliphatic heterocycles. The van der Waals surface area contributed by atoms with Gasteiger partial charge < -0.3 is 15.8 Å². The second kappa shape index (κ2) is 7.60. The third-order valence-corrected chi connectivity index (χ3v) is 5.14. The summed E-state index contributed by atoms with van der Waals surface area (Å²) in [6.07, 6.45) is 0.119. The van der Waals surface area contributed by atoms with Gasteiger partial charge in [0.15, 0.2) is 0 Å². The Labute approximate surface area is 153 Å². The third-order valence-electron chi connectivity index (χ3n) is 5.14. The van der Waals surface area contributed by atoms with Crippen LogP contribution in [0.5, 0.6) is 0 Å². The molecule has 1 aliphatic rings. The maximum atomic E-state index is 12.2. The minimum atomic E-state index is -0.726. The maximum Gasteiger partial charge on any atom is 0.407 e. The van der Waals surface area contributed by atoms with Crippen LogP contribution in [0.15, 0.2) is 48.5 Å². The lowest BCUT2D eigenvalue weighted by atomic mass is 9.98. The van der Waals surface area contributed by atoms with Crippen molar-refractivity contribution in [3.05, 3.63) is 59.7 Å². The van der Waals surface area contributed by atoms with Crippen molar-refractivity contribution in [2.75, 3.05) is 6.61 Å². The Kier molecular flexibility index (Phi) is 5.26. The zero-order chi connectivity index (χ0) is 18.7. The Morgan fingerprint density at radius 2 is 1.62 bits per heavy atom. The van der Waals surface area contributed by atoms with Gasteiger partial charge in [-0.1, -0.05) is 68.8 Å². The molecule has 0 spiro atoms. The Hall–Kier alpha value is -2.82. The summed E-state index contributed by atoms with van der Waals surface area (Å²) in [6, 6.07) is 15.6. The summed E-state index contributed by atoms with van der Waals surface area (Å²) in [5, 5.41) is 2.60. The van der Waals surface area contributed by atoms with E-state index in [0.717, 1.165) is 17.5 Å². The molecule has 2 aromatic rings. The van der Waals surface area contributed by atoms with Crippen LogP contribution >= 0.6 is 0 Å².